The summed E-state index contributed by atoms with van der Waals surface area (Å²) >= 11 is 0. The second kappa shape index (κ2) is 6.18. The highest BCUT2D eigenvalue weighted by atomic mass is 16.1. The molecule has 0 fully saturated rings. The van der Waals surface area contributed by atoms with E-state index in [1.807, 2.05) is 26.8 Å². The van der Waals surface area contributed by atoms with E-state index in [0.29, 0.717) is 12.2 Å². The summed E-state index contributed by atoms with van der Waals surface area (Å²) < 4.78 is 0. The molecule has 1 heteroatoms. The van der Waals surface area contributed by atoms with Gasteiger partial charge < -0.3 is 0 Å². The Morgan fingerprint density at radius 1 is 1.00 bits per heavy atom. The molecular weight excluding hydrogens is 208 g/mol. The van der Waals surface area contributed by atoms with E-state index in [-0.39, 0.29) is 10.8 Å². The van der Waals surface area contributed by atoms with Crippen molar-refractivity contribution in [3.63, 3.8) is 0 Å². The highest BCUT2D eigenvalue weighted by molar-refractivity contribution is 5.84. The van der Waals surface area contributed by atoms with Gasteiger partial charge in [-0.05, 0) is 17.4 Å². The van der Waals surface area contributed by atoms with E-state index in [1.165, 1.54) is 5.57 Å². The topological polar surface area (TPSA) is 17.1 Å². The molecule has 0 aromatic rings. The second-order valence-electron chi connectivity index (χ2n) is 6.60. The summed E-state index contributed by atoms with van der Waals surface area (Å²) in [4.78, 5) is 11.8. The van der Waals surface area contributed by atoms with Crippen LogP contribution in [0.5, 0.6) is 0 Å². The highest BCUT2D eigenvalue weighted by Gasteiger charge is 2.19. The largest absolute Gasteiger partial charge is 0.299 e. The molecule has 0 rings (SSSR count). The Morgan fingerprint density at radius 3 is 1.88 bits per heavy atom. The first-order valence-electron chi connectivity index (χ1n) is 6.49. The summed E-state index contributed by atoms with van der Waals surface area (Å²) in [5.74, 6) is 0.290. The van der Waals surface area contributed by atoms with E-state index in [9.17, 15) is 4.79 Å². The number of allylic oxidation sites excluding steroid dienone is 4. The maximum atomic E-state index is 11.8. The van der Waals surface area contributed by atoms with Crippen molar-refractivity contribution in [2.75, 3.05) is 0 Å². The number of Topliss-reactive ketones (excluding diaryl/α,β-unsaturated/α-hetero) is 1. The first kappa shape index (κ1) is 16.1. The molecule has 0 saturated carbocycles. The molecule has 0 bridgehead atoms. The van der Waals surface area contributed by atoms with Crippen LogP contribution in [-0.2, 0) is 4.79 Å². The van der Waals surface area contributed by atoms with Crippen LogP contribution in [-0.4, -0.2) is 5.78 Å². The van der Waals surface area contributed by atoms with Crippen LogP contribution in [0.25, 0.3) is 0 Å². The van der Waals surface area contributed by atoms with E-state index in [1.54, 1.807) is 0 Å². The molecule has 0 aromatic carbocycles. The quantitative estimate of drug-likeness (QED) is 0.632. The average molecular weight is 236 g/mol. The summed E-state index contributed by atoms with van der Waals surface area (Å²) in [5, 5.41) is 0. The van der Waals surface area contributed by atoms with E-state index in [4.69, 9.17) is 0 Å². The Kier molecular flexibility index (Phi) is 5.87. The fourth-order valence-corrected chi connectivity index (χ4v) is 1.44. The van der Waals surface area contributed by atoms with Crippen LogP contribution < -0.4 is 0 Å². The predicted octanol–water partition coefficient (Wildman–Crippen LogP) is 4.93. The molecule has 0 radical (unpaired) electrons. The van der Waals surface area contributed by atoms with Crippen molar-refractivity contribution in [3.8, 4) is 0 Å². The lowest BCUT2D eigenvalue weighted by molar-refractivity contribution is -0.125. The monoisotopic (exact) mass is 236 g/mol. The molecule has 0 heterocycles. The molecule has 0 aromatic heterocycles. The first-order valence-corrected chi connectivity index (χ1v) is 6.49. The lowest BCUT2D eigenvalue weighted by Gasteiger charge is -2.20. The van der Waals surface area contributed by atoms with Crippen molar-refractivity contribution < 1.29 is 4.79 Å². The lowest BCUT2D eigenvalue weighted by Crippen LogP contribution is -2.18. The highest BCUT2D eigenvalue weighted by Crippen LogP contribution is 2.27. The zero-order valence-corrected chi connectivity index (χ0v) is 12.6. The molecule has 0 saturated heterocycles. The molecule has 0 amide bonds. The summed E-state index contributed by atoms with van der Waals surface area (Å²) in [6.45, 7) is 14.6. The van der Waals surface area contributed by atoms with Crippen LogP contribution >= 0.6 is 0 Å². The number of hydrogen-bond donors (Lipinski definition) is 0. The van der Waals surface area contributed by atoms with Gasteiger partial charge in [0.1, 0.15) is 5.78 Å². The Labute approximate surface area is 107 Å². The lowest BCUT2D eigenvalue weighted by atomic mass is 9.84. The van der Waals surface area contributed by atoms with Gasteiger partial charge in [0.25, 0.3) is 0 Å². The number of ketones is 1. The zero-order valence-electron chi connectivity index (χ0n) is 12.6. The van der Waals surface area contributed by atoms with Gasteiger partial charge in [-0.25, -0.2) is 0 Å². The average Bonchev–Trinajstić information content (AvgIpc) is 2.13. The Morgan fingerprint density at radius 2 is 1.53 bits per heavy atom. The van der Waals surface area contributed by atoms with Crippen molar-refractivity contribution in [1.82, 2.24) is 0 Å². The van der Waals surface area contributed by atoms with Gasteiger partial charge in [-0.2, -0.15) is 0 Å². The third-order valence-corrected chi connectivity index (χ3v) is 2.73. The molecule has 17 heavy (non-hydrogen) atoms. The summed E-state index contributed by atoms with van der Waals surface area (Å²) in [5.41, 5.74) is 1.22. The minimum atomic E-state index is -0.235. The number of carbonyl (C=O) groups is 1. The van der Waals surface area contributed by atoms with Gasteiger partial charge in [0.15, 0.2) is 0 Å². The van der Waals surface area contributed by atoms with Gasteiger partial charge in [0, 0.05) is 11.8 Å². The van der Waals surface area contributed by atoms with Crippen molar-refractivity contribution in [1.29, 1.82) is 0 Å². The first-order chi connectivity index (χ1) is 7.59. The standard InChI is InChI=1S/C16H28O/c1-8-10-13(15(2,3)4)11-9-12-14(17)16(5,6)7/h9-11H,8,12H2,1-7H3/b11-9-,13-10+. The smallest absolute Gasteiger partial charge is 0.141 e. The van der Waals surface area contributed by atoms with Gasteiger partial charge in [-0.1, -0.05) is 66.7 Å². The minimum Gasteiger partial charge on any atom is -0.299 e. The Hall–Kier alpha value is -0.850. The molecule has 0 atom stereocenters. The molecule has 0 aliphatic rings. The molecule has 1 nitrogen and oxygen atoms in total. The van der Waals surface area contributed by atoms with Gasteiger partial charge in [-0.15, -0.1) is 0 Å². The van der Waals surface area contributed by atoms with Crippen molar-refractivity contribution in [2.24, 2.45) is 10.8 Å². The molecule has 0 aliphatic carbocycles. The number of hydrogen-bond acceptors (Lipinski definition) is 1. The van der Waals surface area contributed by atoms with E-state index < -0.39 is 0 Å². The number of rotatable bonds is 4. The Balaban J connectivity index is 4.61. The predicted molar refractivity (Wildman–Crippen MR) is 76.0 cm³/mol. The fourth-order valence-electron chi connectivity index (χ4n) is 1.44. The summed E-state index contributed by atoms with van der Waals surface area (Å²) in [6, 6.07) is 0. The number of carbonyl (C=O) groups excluding carboxylic acids is 1. The molecule has 0 aliphatic heterocycles. The molecule has 0 unspecified atom stereocenters. The van der Waals surface area contributed by atoms with E-state index >= 15 is 0 Å². The third-order valence-electron chi connectivity index (χ3n) is 2.73. The van der Waals surface area contributed by atoms with Crippen molar-refractivity contribution in [3.05, 3.63) is 23.8 Å². The SMILES string of the molecule is CC/C=C(\C=C/CC(=O)C(C)(C)C)C(C)(C)C. The molecular formula is C16H28O. The van der Waals surface area contributed by atoms with Crippen molar-refractivity contribution >= 4 is 5.78 Å². The van der Waals surface area contributed by atoms with E-state index in [2.05, 4.69) is 39.8 Å². The van der Waals surface area contributed by atoms with Crippen LogP contribution in [0, 0.1) is 10.8 Å². The summed E-state index contributed by atoms with van der Waals surface area (Å²) in [7, 11) is 0. The van der Waals surface area contributed by atoms with Gasteiger partial charge >= 0.3 is 0 Å². The van der Waals surface area contributed by atoms with Gasteiger partial charge in [0.05, 0.1) is 0 Å². The summed E-state index contributed by atoms with van der Waals surface area (Å²) in [6.07, 6.45) is 7.90. The minimum absolute atomic E-state index is 0.150. The second-order valence-corrected chi connectivity index (χ2v) is 6.60. The zero-order chi connectivity index (χ0) is 13.7. The van der Waals surface area contributed by atoms with Crippen LogP contribution in [0.15, 0.2) is 23.8 Å². The third kappa shape index (κ3) is 6.45. The van der Waals surface area contributed by atoms with Gasteiger partial charge in [0.2, 0.25) is 0 Å². The molecule has 98 valence electrons. The van der Waals surface area contributed by atoms with Gasteiger partial charge in [-0.3, -0.25) is 4.79 Å². The van der Waals surface area contributed by atoms with Crippen molar-refractivity contribution in [2.45, 2.75) is 61.3 Å². The maximum absolute atomic E-state index is 11.8. The van der Waals surface area contributed by atoms with Crippen LogP contribution in [0.4, 0.5) is 0 Å². The normalized spacial score (nSPS) is 14.4. The fraction of sp³-hybridized carbons (Fsp3) is 0.688. The van der Waals surface area contributed by atoms with Crippen LogP contribution in [0.1, 0.15) is 61.3 Å². The Bertz CT molecular complexity index is 305. The maximum Gasteiger partial charge on any atom is 0.141 e. The van der Waals surface area contributed by atoms with E-state index in [0.717, 1.165) is 6.42 Å². The van der Waals surface area contributed by atoms with Crippen LogP contribution in [0.2, 0.25) is 0 Å². The molecule has 0 N–H and O–H groups in total. The molecule has 0 spiro atoms. The van der Waals surface area contributed by atoms with Crippen LogP contribution in [0.3, 0.4) is 0 Å².